The molecule has 1 aliphatic carbocycles. The third-order valence-corrected chi connectivity index (χ3v) is 4.07. The highest BCUT2D eigenvalue weighted by Gasteiger charge is 2.29. The largest absolute Gasteiger partial charge is 0.306 e. The molecule has 0 aliphatic heterocycles. The fourth-order valence-corrected chi connectivity index (χ4v) is 2.70. The Morgan fingerprint density at radius 3 is 2.89 bits per heavy atom. The zero-order valence-corrected chi connectivity index (χ0v) is 11.6. The van der Waals surface area contributed by atoms with Crippen LogP contribution in [-0.4, -0.2) is 22.4 Å². The van der Waals surface area contributed by atoms with Gasteiger partial charge in [0.05, 0.1) is 23.1 Å². The number of anilines is 1. The molecule has 2 heterocycles. The Hall–Kier alpha value is -1.75. The van der Waals surface area contributed by atoms with E-state index in [2.05, 4.69) is 9.97 Å². The number of hydrogen-bond donors (Lipinski definition) is 0. The minimum Gasteiger partial charge on any atom is -0.306 e. The van der Waals surface area contributed by atoms with Crippen LogP contribution in [0.5, 0.6) is 0 Å². The first-order valence-electron chi connectivity index (χ1n) is 6.38. The summed E-state index contributed by atoms with van der Waals surface area (Å²) in [5.74, 6) is 0.670. The molecule has 0 N–H and O–H groups in total. The van der Waals surface area contributed by atoms with Gasteiger partial charge in [-0.15, -0.1) is 11.3 Å². The van der Waals surface area contributed by atoms with E-state index in [-0.39, 0.29) is 5.91 Å². The maximum atomic E-state index is 12.6. The maximum absolute atomic E-state index is 12.6. The molecule has 0 aromatic carbocycles. The van der Waals surface area contributed by atoms with Crippen molar-refractivity contribution < 1.29 is 4.79 Å². The van der Waals surface area contributed by atoms with E-state index in [1.165, 1.54) is 24.2 Å². The fraction of sp³-hybridized carbons (Fsp3) is 0.357. The molecule has 0 unspecified atom stereocenters. The molecule has 0 saturated heterocycles. The minimum atomic E-state index is 0.0329. The first-order chi connectivity index (χ1) is 9.24. The fourth-order valence-electron chi connectivity index (χ4n) is 1.97. The first kappa shape index (κ1) is 12.3. The lowest BCUT2D eigenvalue weighted by atomic mass is 10.3. The molecule has 1 amide bonds. The molecule has 3 rings (SSSR count). The van der Waals surface area contributed by atoms with E-state index >= 15 is 0 Å². The number of thiazole rings is 1. The summed E-state index contributed by atoms with van der Waals surface area (Å²) in [4.78, 5) is 23.4. The summed E-state index contributed by atoms with van der Waals surface area (Å²) in [6, 6.07) is 3.79. The normalized spacial score (nSPS) is 14.4. The summed E-state index contributed by atoms with van der Waals surface area (Å²) in [6.07, 6.45) is 7.56. The summed E-state index contributed by atoms with van der Waals surface area (Å²) in [7, 11) is 0. The van der Waals surface area contributed by atoms with Crippen molar-refractivity contribution in [3.63, 3.8) is 0 Å². The Morgan fingerprint density at radius 2 is 2.32 bits per heavy atom. The van der Waals surface area contributed by atoms with Crippen LogP contribution in [0.3, 0.4) is 0 Å². The van der Waals surface area contributed by atoms with Gasteiger partial charge in [0.25, 0.3) is 5.91 Å². The van der Waals surface area contributed by atoms with E-state index in [0.29, 0.717) is 10.8 Å². The molecule has 1 saturated carbocycles. The predicted molar refractivity (Wildman–Crippen MR) is 75.5 cm³/mol. The van der Waals surface area contributed by atoms with E-state index in [1.54, 1.807) is 18.6 Å². The second kappa shape index (κ2) is 5.09. The summed E-state index contributed by atoms with van der Waals surface area (Å²) in [6.45, 7) is 2.69. The predicted octanol–water partition coefficient (Wildman–Crippen LogP) is 2.90. The Morgan fingerprint density at radius 1 is 1.47 bits per heavy atom. The molecule has 0 bridgehead atoms. The van der Waals surface area contributed by atoms with E-state index in [1.807, 2.05) is 24.0 Å². The number of carbonyl (C=O) groups is 1. The molecule has 0 radical (unpaired) electrons. The monoisotopic (exact) mass is 273 g/mol. The Balaban J connectivity index is 1.88. The van der Waals surface area contributed by atoms with Crippen LogP contribution in [0.15, 0.2) is 30.7 Å². The number of aryl methyl sites for hydroxylation is 1. The smallest absolute Gasteiger partial charge is 0.270 e. The van der Waals surface area contributed by atoms with E-state index in [4.69, 9.17) is 0 Å². The summed E-state index contributed by atoms with van der Waals surface area (Å²) >= 11 is 1.44. The van der Waals surface area contributed by atoms with Crippen molar-refractivity contribution >= 4 is 22.9 Å². The molecule has 1 fully saturated rings. The number of hydrogen-bond acceptors (Lipinski definition) is 4. The van der Waals surface area contributed by atoms with Gasteiger partial charge in [0.2, 0.25) is 0 Å². The van der Waals surface area contributed by atoms with Crippen molar-refractivity contribution in [3.8, 4) is 0 Å². The first-order valence-corrected chi connectivity index (χ1v) is 7.20. The number of carbonyl (C=O) groups excluding carboxylic acids is 1. The topological polar surface area (TPSA) is 46.1 Å². The van der Waals surface area contributed by atoms with E-state index in [0.717, 1.165) is 17.2 Å². The van der Waals surface area contributed by atoms with E-state index < -0.39 is 0 Å². The molecule has 98 valence electrons. The zero-order valence-electron chi connectivity index (χ0n) is 10.7. The number of rotatable bonds is 4. The summed E-state index contributed by atoms with van der Waals surface area (Å²) < 4.78 is 0. The standard InChI is InChI=1S/C14H15N3OS/c1-10-16-8-13(19-10)14(18)17(9-11-4-5-11)12-3-2-6-15-7-12/h2-3,6-8,11H,4-5,9H2,1H3. The van der Waals surface area contributed by atoms with Gasteiger partial charge in [-0.25, -0.2) is 4.98 Å². The second-order valence-corrected chi connectivity index (χ2v) is 6.05. The van der Waals surface area contributed by atoms with Crippen LogP contribution in [-0.2, 0) is 0 Å². The minimum absolute atomic E-state index is 0.0329. The Kier molecular flexibility index (Phi) is 3.29. The molecule has 19 heavy (non-hydrogen) atoms. The van der Waals surface area contributed by atoms with Crippen molar-refractivity contribution in [2.45, 2.75) is 19.8 Å². The van der Waals surface area contributed by atoms with Gasteiger partial charge in [-0.2, -0.15) is 0 Å². The van der Waals surface area contributed by atoms with Crippen LogP contribution < -0.4 is 4.90 Å². The molecule has 0 atom stereocenters. The third-order valence-electron chi connectivity index (χ3n) is 3.17. The van der Waals surface area contributed by atoms with Gasteiger partial charge in [-0.1, -0.05) is 0 Å². The quantitative estimate of drug-likeness (QED) is 0.860. The molecular formula is C14H15N3OS. The Labute approximate surface area is 116 Å². The van der Waals surface area contributed by atoms with Gasteiger partial charge in [-0.3, -0.25) is 9.78 Å². The third kappa shape index (κ3) is 2.81. The lowest BCUT2D eigenvalue weighted by Gasteiger charge is -2.21. The van der Waals surface area contributed by atoms with E-state index in [9.17, 15) is 4.79 Å². The number of aromatic nitrogens is 2. The lowest BCUT2D eigenvalue weighted by Crippen LogP contribution is -2.32. The van der Waals surface area contributed by atoms with Gasteiger partial charge in [0.1, 0.15) is 4.88 Å². The van der Waals surface area contributed by atoms with Crippen molar-refractivity contribution in [1.82, 2.24) is 9.97 Å². The molecule has 2 aromatic heterocycles. The highest BCUT2D eigenvalue weighted by Crippen LogP contribution is 2.32. The van der Waals surface area contributed by atoms with Gasteiger partial charge < -0.3 is 4.90 Å². The molecular weight excluding hydrogens is 258 g/mol. The van der Waals surface area contributed by atoms with Gasteiger partial charge >= 0.3 is 0 Å². The molecule has 1 aliphatic rings. The summed E-state index contributed by atoms with van der Waals surface area (Å²) in [5, 5.41) is 0.918. The number of amides is 1. The van der Waals surface area contributed by atoms with Crippen molar-refractivity contribution in [2.24, 2.45) is 5.92 Å². The SMILES string of the molecule is Cc1ncc(C(=O)N(CC2CC2)c2cccnc2)s1. The average molecular weight is 273 g/mol. The Bertz CT molecular complexity index is 577. The second-order valence-electron chi connectivity index (χ2n) is 4.81. The van der Waals surface area contributed by atoms with Gasteiger partial charge in [-0.05, 0) is 37.8 Å². The van der Waals surface area contributed by atoms with Crippen molar-refractivity contribution in [2.75, 3.05) is 11.4 Å². The number of nitrogens with zero attached hydrogens (tertiary/aromatic N) is 3. The van der Waals surface area contributed by atoms with Crippen LogP contribution in [0.1, 0.15) is 27.5 Å². The van der Waals surface area contributed by atoms with Gasteiger partial charge in [0, 0.05) is 12.7 Å². The lowest BCUT2D eigenvalue weighted by molar-refractivity contribution is 0.0989. The van der Waals surface area contributed by atoms with Crippen LogP contribution in [0.25, 0.3) is 0 Å². The maximum Gasteiger partial charge on any atom is 0.270 e. The van der Waals surface area contributed by atoms with Gasteiger partial charge in [0.15, 0.2) is 0 Å². The van der Waals surface area contributed by atoms with Crippen LogP contribution in [0, 0.1) is 12.8 Å². The molecule has 4 nitrogen and oxygen atoms in total. The van der Waals surface area contributed by atoms with Crippen molar-refractivity contribution in [3.05, 3.63) is 40.6 Å². The molecule has 5 heteroatoms. The van der Waals surface area contributed by atoms with Crippen molar-refractivity contribution in [1.29, 1.82) is 0 Å². The summed E-state index contributed by atoms with van der Waals surface area (Å²) in [5.41, 5.74) is 0.866. The zero-order chi connectivity index (χ0) is 13.2. The number of pyridine rings is 1. The van der Waals surface area contributed by atoms with Crippen LogP contribution in [0.4, 0.5) is 5.69 Å². The van der Waals surface area contributed by atoms with Crippen LogP contribution >= 0.6 is 11.3 Å². The highest BCUT2D eigenvalue weighted by molar-refractivity contribution is 7.13. The van der Waals surface area contributed by atoms with Crippen LogP contribution in [0.2, 0.25) is 0 Å². The highest BCUT2D eigenvalue weighted by atomic mass is 32.1. The molecule has 0 spiro atoms. The average Bonchev–Trinajstić information content (AvgIpc) is 3.16. The molecule has 2 aromatic rings.